The minimum absolute atomic E-state index is 0.266. The summed E-state index contributed by atoms with van der Waals surface area (Å²) in [5.41, 5.74) is 2.85. The molecule has 0 aliphatic rings. The van der Waals surface area contributed by atoms with Crippen molar-refractivity contribution in [1.29, 1.82) is 5.26 Å². The predicted molar refractivity (Wildman–Crippen MR) is 134 cm³/mol. The van der Waals surface area contributed by atoms with E-state index >= 15 is 0 Å². The summed E-state index contributed by atoms with van der Waals surface area (Å²) in [4.78, 5) is 0. The van der Waals surface area contributed by atoms with Crippen molar-refractivity contribution in [2.45, 2.75) is 6.61 Å². The zero-order chi connectivity index (χ0) is 22.5. The SMILES string of the molecule is COc1cc(/C=C(/C#N)c2ccc(Cl)cc2)c(Br)c(Br)c1OCc1ccc(Cl)c(Cl)c1. The monoisotopic (exact) mass is 599 g/mol. The number of halogens is 5. The average Bonchev–Trinajstić information content (AvgIpc) is 2.77. The van der Waals surface area contributed by atoms with E-state index in [4.69, 9.17) is 44.3 Å². The van der Waals surface area contributed by atoms with Gasteiger partial charge in [0.25, 0.3) is 0 Å². The Bertz CT molecular complexity index is 1190. The number of allylic oxidation sites excluding steroid dienone is 1. The van der Waals surface area contributed by atoms with Gasteiger partial charge < -0.3 is 9.47 Å². The molecule has 0 bridgehead atoms. The number of benzene rings is 3. The van der Waals surface area contributed by atoms with Gasteiger partial charge in [-0.15, -0.1) is 0 Å². The molecular formula is C23H14Br2Cl3NO2. The Morgan fingerprint density at radius 1 is 1.00 bits per heavy atom. The van der Waals surface area contributed by atoms with Gasteiger partial charge in [-0.3, -0.25) is 0 Å². The molecule has 0 saturated carbocycles. The van der Waals surface area contributed by atoms with E-state index in [0.717, 1.165) is 21.2 Å². The van der Waals surface area contributed by atoms with E-state index in [1.54, 1.807) is 55.7 Å². The summed E-state index contributed by atoms with van der Waals surface area (Å²) in [5, 5.41) is 11.2. The lowest BCUT2D eigenvalue weighted by Gasteiger charge is -2.16. The fraction of sp³-hybridized carbons (Fsp3) is 0.0870. The fourth-order valence-corrected chi connectivity index (χ4v) is 4.14. The molecule has 0 aliphatic heterocycles. The highest BCUT2D eigenvalue weighted by Gasteiger charge is 2.17. The Balaban J connectivity index is 1.95. The van der Waals surface area contributed by atoms with Gasteiger partial charge in [0.2, 0.25) is 0 Å². The van der Waals surface area contributed by atoms with E-state index in [9.17, 15) is 5.26 Å². The summed E-state index contributed by atoms with van der Waals surface area (Å²) >= 11 is 25.2. The molecule has 0 spiro atoms. The Morgan fingerprint density at radius 2 is 1.71 bits per heavy atom. The summed E-state index contributed by atoms with van der Waals surface area (Å²) in [6.45, 7) is 0.266. The highest BCUT2D eigenvalue weighted by atomic mass is 79.9. The van der Waals surface area contributed by atoms with Crippen LogP contribution in [0.25, 0.3) is 11.6 Å². The lowest BCUT2D eigenvalue weighted by atomic mass is 10.0. The van der Waals surface area contributed by atoms with Crippen LogP contribution in [0.5, 0.6) is 11.5 Å². The first-order chi connectivity index (χ1) is 14.8. The van der Waals surface area contributed by atoms with E-state index in [1.807, 2.05) is 6.07 Å². The molecule has 0 aromatic heterocycles. The van der Waals surface area contributed by atoms with E-state index in [0.29, 0.717) is 36.6 Å². The number of hydrogen-bond acceptors (Lipinski definition) is 3. The Kier molecular flexibility index (Phi) is 8.32. The lowest BCUT2D eigenvalue weighted by molar-refractivity contribution is 0.282. The van der Waals surface area contributed by atoms with Crippen molar-refractivity contribution in [3.05, 3.63) is 89.2 Å². The van der Waals surface area contributed by atoms with Crippen LogP contribution >= 0.6 is 66.7 Å². The molecule has 3 aromatic carbocycles. The van der Waals surface area contributed by atoms with Crippen molar-refractivity contribution >= 4 is 78.3 Å². The van der Waals surface area contributed by atoms with Crippen molar-refractivity contribution in [2.24, 2.45) is 0 Å². The van der Waals surface area contributed by atoms with E-state index in [-0.39, 0.29) is 6.61 Å². The van der Waals surface area contributed by atoms with Crippen LogP contribution in [0.4, 0.5) is 0 Å². The van der Waals surface area contributed by atoms with Crippen LogP contribution in [-0.2, 0) is 6.61 Å². The fourth-order valence-electron chi connectivity index (χ4n) is 2.75. The van der Waals surface area contributed by atoms with E-state index in [2.05, 4.69) is 37.9 Å². The van der Waals surface area contributed by atoms with Gasteiger partial charge in [0, 0.05) is 9.50 Å². The number of rotatable bonds is 6. The van der Waals surface area contributed by atoms with Gasteiger partial charge in [0.1, 0.15) is 6.61 Å². The standard InChI is InChI=1S/C23H14Br2Cl3NO2/c1-30-20-10-15(9-16(11-29)14-3-5-17(26)6-4-14)21(24)22(25)23(20)31-12-13-2-7-18(27)19(28)8-13/h2-10H,12H2,1H3/b16-9-. The Hall–Kier alpha value is -1.68. The van der Waals surface area contributed by atoms with E-state index < -0.39 is 0 Å². The van der Waals surface area contributed by atoms with Crippen LogP contribution in [-0.4, -0.2) is 7.11 Å². The molecule has 0 amide bonds. The number of nitriles is 1. The van der Waals surface area contributed by atoms with Crippen LogP contribution in [0.2, 0.25) is 15.1 Å². The molecule has 0 heterocycles. The summed E-state index contributed by atoms with van der Waals surface area (Å²) in [6, 6.07) is 16.4. The quantitative estimate of drug-likeness (QED) is 0.209. The van der Waals surface area contributed by atoms with Gasteiger partial charge in [-0.2, -0.15) is 5.26 Å². The first kappa shape index (κ1) is 24.0. The third-order valence-electron chi connectivity index (χ3n) is 4.32. The summed E-state index contributed by atoms with van der Waals surface area (Å²) in [5.74, 6) is 1.03. The molecule has 0 unspecified atom stereocenters. The first-order valence-corrected chi connectivity index (χ1v) is 11.6. The maximum Gasteiger partial charge on any atom is 0.177 e. The molecule has 8 heteroatoms. The third kappa shape index (κ3) is 5.77. The summed E-state index contributed by atoms with van der Waals surface area (Å²) in [6.07, 6.45) is 1.77. The second-order valence-corrected chi connectivity index (χ2v) is 9.18. The third-order valence-corrected chi connectivity index (χ3v) is 7.45. The minimum atomic E-state index is 0.266. The van der Waals surface area contributed by atoms with Crippen molar-refractivity contribution in [2.75, 3.05) is 7.11 Å². The van der Waals surface area contributed by atoms with Gasteiger partial charge in [-0.05, 0) is 85.0 Å². The van der Waals surface area contributed by atoms with Crippen molar-refractivity contribution in [3.8, 4) is 17.6 Å². The normalized spacial score (nSPS) is 11.2. The summed E-state index contributed by atoms with van der Waals surface area (Å²) in [7, 11) is 1.56. The van der Waals surface area contributed by atoms with Gasteiger partial charge in [-0.1, -0.05) is 53.0 Å². The first-order valence-electron chi connectivity index (χ1n) is 8.84. The predicted octanol–water partition coefficient (Wildman–Crippen LogP) is 8.82. The van der Waals surface area contributed by atoms with Crippen LogP contribution in [0, 0.1) is 11.3 Å². The number of hydrogen-bond donors (Lipinski definition) is 0. The second-order valence-electron chi connectivity index (χ2n) is 6.34. The van der Waals surface area contributed by atoms with Crippen LogP contribution in [0.15, 0.2) is 57.5 Å². The molecule has 3 aromatic rings. The highest BCUT2D eigenvalue weighted by Crippen LogP contribution is 2.44. The molecule has 0 fully saturated rings. The van der Waals surface area contributed by atoms with Gasteiger partial charge in [0.15, 0.2) is 11.5 Å². The molecule has 0 saturated heterocycles. The van der Waals surface area contributed by atoms with Crippen molar-refractivity contribution in [3.63, 3.8) is 0 Å². The molecule has 0 radical (unpaired) electrons. The number of ether oxygens (including phenoxy) is 2. The Labute approximate surface area is 212 Å². The van der Waals surface area contributed by atoms with Gasteiger partial charge >= 0.3 is 0 Å². The molecule has 3 rings (SSSR count). The smallest absolute Gasteiger partial charge is 0.177 e. The van der Waals surface area contributed by atoms with Gasteiger partial charge in [-0.25, -0.2) is 0 Å². The van der Waals surface area contributed by atoms with Crippen LogP contribution in [0.1, 0.15) is 16.7 Å². The van der Waals surface area contributed by atoms with Crippen LogP contribution in [0.3, 0.4) is 0 Å². The van der Waals surface area contributed by atoms with Gasteiger partial charge in [0.05, 0.1) is 33.3 Å². The molecule has 0 N–H and O–H groups in total. The minimum Gasteiger partial charge on any atom is -0.493 e. The largest absolute Gasteiger partial charge is 0.493 e. The van der Waals surface area contributed by atoms with E-state index in [1.165, 1.54) is 0 Å². The molecule has 0 atom stereocenters. The average molecular weight is 603 g/mol. The van der Waals surface area contributed by atoms with Crippen molar-refractivity contribution in [1.82, 2.24) is 0 Å². The zero-order valence-electron chi connectivity index (χ0n) is 16.1. The molecule has 158 valence electrons. The maximum absolute atomic E-state index is 9.65. The molecule has 31 heavy (non-hydrogen) atoms. The summed E-state index contributed by atoms with van der Waals surface area (Å²) < 4.78 is 12.9. The molecular weight excluding hydrogens is 588 g/mol. The zero-order valence-corrected chi connectivity index (χ0v) is 21.5. The Morgan fingerprint density at radius 3 is 2.32 bits per heavy atom. The highest BCUT2D eigenvalue weighted by molar-refractivity contribution is 9.13. The topological polar surface area (TPSA) is 42.2 Å². The number of nitrogens with zero attached hydrogens (tertiary/aromatic N) is 1. The maximum atomic E-state index is 9.65. The van der Waals surface area contributed by atoms with Crippen LogP contribution < -0.4 is 9.47 Å². The molecule has 0 aliphatic carbocycles. The second kappa shape index (κ2) is 10.8. The molecule has 3 nitrogen and oxygen atoms in total. The lowest BCUT2D eigenvalue weighted by Crippen LogP contribution is -2.00. The van der Waals surface area contributed by atoms with Crippen molar-refractivity contribution < 1.29 is 9.47 Å². The number of methoxy groups -OCH3 is 1.